The molecule has 0 amide bonds. The van der Waals surface area contributed by atoms with E-state index >= 15 is 0 Å². The number of thiophene rings is 1. The Bertz CT molecular complexity index is 1420. The Morgan fingerprint density at radius 1 is 1.12 bits per heavy atom. The van der Waals surface area contributed by atoms with Crippen LogP contribution in [0.5, 0.6) is 11.5 Å². The van der Waals surface area contributed by atoms with Gasteiger partial charge in [0.05, 0.1) is 18.0 Å². The lowest BCUT2D eigenvalue weighted by Gasteiger charge is -2.16. The maximum absolute atomic E-state index is 11.9. The molecule has 1 aliphatic rings. The number of aliphatic hydroxyl groups is 1. The number of benzene rings is 3. The molecule has 9 heteroatoms. The minimum atomic E-state index is -3.44. The molecule has 5 rings (SSSR count). The fourth-order valence-electron chi connectivity index (χ4n) is 3.92. The first-order valence-corrected chi connectivity index (χ1v) is 13.2. The van der Waals surface area contributed by atoms with Gasteiger partial charge in [-0.1, -0.05) is 24.3 Å². The second-order valence-electron chi connectivity index (χ2n) is 7.94. The summed E-state index contributed by atoms with van der Waals surface area (Å²) in [7, 11) is -3.44. The van der Waals surface area contributed by atoms with Crippen LogP contribution < -0.4 is 19.1 Å². The van der Waals surface area contributed by atoms with Gasteiger partial charge in [-0.3, -0.25) is 0 Å². The number of ether oxygens (including phenoxy) is 2. The van der Waals surface area contributed by atoms with E-state index in [1.807, 2.05) is 12.1 Å². The topological polar surface area (TPSA) is 88.1 Å². The van der Waals surface area contributed by atoms with Gasteiger partial charge in [-0.05, 0) is 42.0 Å². The quantitative estimate of drug-likeness (QED) is 0.369. The number of aliphatic hydroxyl groups excluding tert-OH is 1. The zero-order valence-corrected chi connectivity index (χ0v) is 19.7. The van der Waals surface area contributed by atoms with Crippen molar-refractivity contribution < 1.29 is 23.0 Å². The van der Waals surface area contributed by atoms with Crippen molar-refractivity contribution >= 4 is 47.2 Å². The zero-order valence-electron chi connectivity index (χ0n) is 18.0. The monoisotopic (exact) mass is 484 g/mol. The van der Waals surface area contributed by atoms with Crippen molar-refractivity contribution in [1.82, 2.24) is 5.32 Å². The van der Waals surface area contributed by atoms with Crippen LogP contribution in [0.2, 0.25) is 0 Å². The fourth-order valence-corrected chi connectivity index (χ4v) is 5.80. The molecule has 1 aliphatic heterocycles. The predicted molar refractivity (Wildman–Crippen MR) is 132 cm³/mol. The molecule has 0 spiro atoms. The second-order valence-corrected chi connectivity index (χ2v) is 10.9. The van der Waals surface area contributed by atoms with Crippen LogP contribution in [0.15, 0.2) is 60.7 Å². The summed E-state index contributed by atoms with van der Waals surface area (Å²) in [5.41, 5.74) is 1.07. The van der Waals surface area contributed by atoms with Gasteiger partial charge in [-0.15, -0.1) is 11.3 Å². The number of nitrogens with zero attached hydrogens (tertiary/aromatic N) is 1. The van der Waals surface area contributed by atoms with Crippen LogP contribution in [0, 0.1) is 0 Å². The Morgan fingerprint density at radius 3 is 2.79 bits per heavy atom. The Kier molecular flexibility index (Phi) is 5.88. The van der Waals surface area contributed by atoms with E-state index in [0.717, 1.165) is 12.0 Å². The Hall–Kier alpha value is -2.85. The van der Waals surface area contributed by atoms with E-state index in [1.54, 1.807) is 29.5 Å². The molecular formula is C24H24N2O5S2. The first kappa shape index (κ1) is 22.0. The molecule has 33 heavy (non-hydrogen) atoms. The Labute approximate surface area is 196 Å². The third-order valence-electron chi connectivity index (χ3n) is 5.61. The normalized spacial score (nSPS) is 14.4. The van der Waals surface area contributed by atoms with Crippen molar-refractivity contribution in [3.05, 3.63) is 66.2 Å². The van der Waals surface area contributed by atoms with Crippen molar-refractivity contribution in [3.63, 3.8) is 0 Å². The minimum absolute atomic E-state index is 0.0450. The molecular weight excluding hydrogens is 460 g/mol. The molecule has 7 nitrogen and oxygen atoms in total. The third-order valence-corrected chi connectivity index (χ3v) is 7.85. The molecule has 3 aromatic carbocycles. The lowest BCUT2D eigenvalue weighted by Crippen LogP contribution is -2.29. The van der Waals surface area contributed by atoms with E-state index in [4.69, 9.17) is 9.47 Å². The van der Waals surface area contributed by atoms with Crippen LogP contribution in [0.4, 0.5) is 5.69 Å². The highest BCUT2D eigenvalue weighted by atomic mass is 32.2. The standard InChI is InChI=1S/C24H24N2O5S2/c1-33(28,29)26-15-31-22-9-6-16(12-20(22)26)21(27)14-25-10-11-30-17-7-8-19-18-4-2-3-5-23(18)32-24(19)13-17/h2-9,12-13,21,25,27H,10-11,14-15H2,1H3/t21-/m0/s1. The molecule has 1 atom stereocenters. The van der Waals surface area contributed by atoms with E-state index in [9.17, 15) is 13.5 Å². The highest BCUT2D eigenvalue weighted by Gasteiger charge is 2.28. The maximum Gasteiger partial charge on any atom is 0.235 e. The van der Waals surface area contributed by atoms with Crippen LogP contribution in [0.3, 0.4) is 0 Å². The van der Waals surface area contributed by atoms with E-state index in [-0.39, 0.29) is 6.73 Å². The molecule has 0 radical (unpaired) electrons. The lowest BCUT2D eigenvalue weighted by molar-refractivity contribution is 0.172. The summed E-state index contributed by atoms with van der Waals surface area (Å²) in [6.07, 6.45) is 0.349. The van der Waals surface area contributed by atoms with Crippen molar-refractivity contribution in [3.8, 4) is 11.5 Å². The summed E-state index contributed by atoms with van der Waals surface area (Å²) in [4.78, 5) is 0. The fraction of sp³-hybridized carbons (Fsp3) is 0.250. The SMILES string of the molecule is CS(=O)(=O)N1COc2ccc([C@@H](O)CNCCOc3ccc4c(c3)sc3ccccc34)cc21. The minimum Gasteiger partial charge on any atom is -0.492 e. The van der Waals surface area contributed by atoms with Crippen molar-refractivity contribution in [2.75, 3.05) is 37.0 Å². The highest BCUT2D eigenvalue weighted by molar-refractivity contribution is 7.92. The summed E-state index contributed by atoms with van der Waals surface area (Å²) in [5, 5.41) is 16.2. The molecule has 0 fully saturated rings. The number of sulfonamides is 1. The lowest BCUT2D eigenvalue weighted by atomic mass is 10.1. The van der Waals surface area contributed by atoms with Crippen molar-refractivity contribution in [1.29, 1.82) is 0 Å². The summed E-state index contributed by atoms with van der Waals surface area (Å²) in [6.45, 7) is 1.29. The van der Waals surface area contributed by atoms with E-state index in [1.165, 1.54) is 24.5 Å². The van der Waals surface area contributed by atoms with Gasteiger partial charge in [0, 0.05) is 33.3 Å². The van der Waals surface area contributed by atoms with E-state index < -0.39 is 16.1 Å². The number of rotatable bonds is 8. The summed E-state index contributed by atoms with van der Waals surface area (Å²) >= 11 is 1.75. The van der Waals surface area contributed by atoms with Gasteiger partial charge >= 0.3 is 0 Å². The van der Waals surface area contributed by atoms with Crippen LogP contribution in [-0.4, -0.2) is 46.2 Å². The summed E-state index contributed by atoms with van der Waals surface area (Å²) in [5.74, 6) is 1.31. The van der Waals surface area contributed by atoms with Gasteiger partial charge in [-0.2, -0.15) is 0 Å². The first-order valence-electron chi connectivity index (χ1n) is 10.6. The number of nitrogens with one attached hydrogen (secondary N) is 1. The third kappa shape index (κ3) is 4.49. The number of hydrogen-bond donors (Lipinski definition) is 2. The van der Waals surface area contributed by atoms with Crippen LogP contribution in [0.25, 0.3) is 20.2 Å². The summed E-state index contributed by atoms with van der Waals surface area (Å²) < 4.78 is 38.8. The van der Waals surface area contributed by atoms with Gasteiger partial charge in [0.1, 0.15) is 18.1 Å². The largest absolute Gasteiger partial charge is 0.492 e. The van der Waals surface area contributed by atoms with Crippen LogP contribution in [0.1, 0.15) is 11.7 Å². The maximum atomic E-state index is 11.9. The predicted octanol–water partition coefficient (Wildman–Crippen LogP) is 3.87. The number of fused-ring (bicyclic) bond motifs is 4. The van der Waals surface area contributed by atoms with Crippen molar-refractivity contribution in [2.45, 2.75) is 6.10 Å². The molecule has 2 heterocycles. The Balaban J connectivity index is 1.15. The van der Waals surface area contributed by atoms with Gasteiger partial charge in [0.15, 0.2) is 6.73 Å². The Morgan fingerprint density at radius 2 is 1.94 bits per heavy atom. The van der Waals surface area contributed by atoms with Crippen LogP contribution in [-0.2, 0) is 10.0 Å². The highest BCUT2D eigenvalue weighted by Crippen LogP contribution is 2.37. The smallest absolute Gasteiger partial charge is 0.235 e. The molecule has 0 saturated heterocycles. The summed E-state index contributed by atoms with van der Waals surface area (Å²) in [6, 6.07) is 19.6. The van der Waals surface area contributed by atoms with Gasteiger partial charge in [0.25, 0.3) is 0 Å². The van der Waals surface area contributed by atoms with E-state index in [2.05, 4.69) is 35.6 Å². The molecule has 0 bridgehead atoms. The number of hydrogen-bond acceptors (Lipinski definition) is 7. The molecule has 4 aromatic rings. The molecule has 2 N–H and O–H groups in total. The average Bonchev–Trinajstić information content (AvgIpc) is 3.39. The molecule has 0 unspecified atom stereocenters. The average molecular weight is 485 g/mol. The number of anilines is 1. The second kappa shape index (κ2) is 8.83. The van der Waals surface area contributed by atoms with Gasteiger partial charge in [-0.25, -0.2) is 12.7 Å². The molecule has 0 saturated carbocycles. The first-order chi connectivity index (χ1) is 15.9. The van der Waals surface area contributed by atoms with E-state index in [0.29, 0.717) is 36.7 Å². The van der Waals surface area contributed by atoms with Gasteiger partial charge in [0.2, 0.25) is 10.0 Å². The van der Waals surface area contributed by atoms with Gasteiger partial charge < -0.3 is 19.9 Å². The molecule has 0 aliphatic carbocycles. The zero-order chi connectivity index (χ0) is 23.0. The molecule has 172 valence electrons. The van der Waals surface area contributed by atoms with Crippen molar-refractivity contribution in [2.24, 2.45) is 0 Å². The van der Waals surface area contributed by atoms with Crippen LogP contribution >= 0.6 is 11.3 Å². The molecule has 1 aromatic heterocycles.